The first-order valence-corrected chi connectivity index (χ1v) is 29.6. The fourth-order valence-electron chi connectivity index (χ4n) is 8.42. The number of esters is 3. The lowest BCUT2D eigenvalue weighted by atomic mass is 9.98. The van der Waals surface area contributed by atoms with Gasteiger partial charge in [-0.3, -0.25) is 14.4 Å². The highest BCUT2D eigenvalue weighted by molar-refractivity contribution is 5.74. The lowest BCUT2D eigenvalue weighted by Crippen LogP contribution is -2.61. The Hall–Kier alpha value is -4.10. The van der Waals surface area contributed by atoms with E-state index in [9.17, 15) is 34.5 Å². The zero-order valence-electron chi connectivity index (χ0n) is 47.0. The number of aliphatic carboxylic acids is 1. The van der Waals surface area contributed by atoms with Gasteiger partial charge in [0.25, 0.3) is 0 Å². The number of unbranched alkanes of at least 4 members (excludes halogenated alkanes) is 21. The van der Waals surface area contributed by atoms with Crippen LogP contribution in [0.4, 0.5) is 0 Å². The van der Waals surface area contributed by atoms with Crippen LogP contribution < -0.4 is 0 Å². The van der Waals surface area contributed by atoms with Gasteiger partial charge in [0.15, 0.2) is 24.6 Å². The lowest BCUT2D eigenvalue weighted by molar-refractivity contribution is -0.301. The van der Waals surface area contributed by atoms with Gasteiger partial charge in [0, 0.05) is 19.3 Å². The largest absolute Gasteiger partial charge is 0.479 e. The average Bonchev–Trinajstić information content (AvgIpc) is 3.39. The predicted octanol–water partition coefficient (Wildman–Crippen LogP) is 15.1. The van der Waals surface area contributed by atoms with E-state index >= 15 is 0 Å². The van der Waals surface area contributed by atoms with Crippen LogP contribution in [0.3, 0.4) is 0 Å². The van der Waals surface area contributed by atoms with Crippen molar-refractivity contribution in [3.8, 4) is 0 Å². The second kappa shape index (κ2) is 50.7. The smallest absolute Gasteiger partial charge is 0.335 e. The van der Waals surface area contributed by atoms with E-state index < -0.39 is 67.3 Å². The predicted molar refractivity (Wildman–Crippen MR) is 303 cm³/mol. The van der Waals surface area contributed by atoms with Gasteiger partial charge in [0.1, 0.15) is 18.8 Å². The third-order valence-electron chi connectivity index (χ3n) is 13.0. The van der Waals surface area contributed by atoms with Crippen LogP contribution in [-0.2, 0) is 42.9 Å². The van der Waals surface area contributed by atoms with Gasteiger partial charge in [-0.1, -0.05) is 209 Å². The van der Waals surface area contributed by atoms with Crippen molar-refractivity contribution in [1.29, 1.82) is 0 Å². The molecule has 0 saturated carbocycles. The van der Waals surface area contributed by atoms with Crippen LogP contribution in [0.15, 0.2) is 85.1 Å². The van der Waals surface area contributed by atoms with Gasteiger partial charge in [-0.15, -0.1) is 0 Å². The monoisotopic (exact) mass is 1050 g/mol. The standard InChI is InChI=1S/C63H104O12/c1-4-7-10-13-16-19-21-23-25-27-28-30-31-33-35-38-40-43-46-49-55(64)71-52-54(73-56(65)50-47-44-41-37-18-15-12-9-6-3)53-72-63-61(59(68)58(67)60(75-63)62(69)70)74-57(66)51-48-45-42-39-36-34-32-29-26-24-22-20-17-14-11-8-5-2/h7,10,16-17,19-20,23-26,28,30,33,35,54,58-61,63,67-68H,4-6,8-9,11-15,18,21-22,27,29,31-32,34,36-53H2,1-3H3,(H,69,70)/b10-7-,19-16-,20-17-,25-23-,26-24-,30-28-,35-33-. The molecule has 12 heteroatoms. The van der Waals surface area contributed by atoms with E-state index in [1.807, 2.05) is 0 Å². The molecule has 1 saturated heterocycles. The number of allylic oxidation sites excluding steroid dienone is 14. The normalized spacial score (nSPS) is 18.8. The summed E-state index contributed by atoms with van der Waals surface area (Å²) in [7, 11) is 0. The molecule has 0 amide bonds. The highest BCUT2D eigenvalue weighted by Gasteiger charge is 2.50. The summed E-state index contributed by atoms with van der Waals surface area (Å²) in [4.78, 5) is 51.0. The van der Waals surface area contributed by atoms with Crippen molar-refractivity contribution in [3.05, 3.63) is 85.1 Å². The first kappa shape index (κ1) is 68.9. The molecule has 0 spiro atoms. The zero-order chi connectivity index (χ0) is 54.7. The van der Waals surface area contributed by atoms with Crippen LogP contribution in [0.25, 0.3) is 0 Å². The molecule has 1 heterocycles. The molecule has 0 aromatic carbocycles. The Morgan fingerprint density at radius 3 is 1.32 bits per heavy atom. The second-order valence-corrected chi connectivity index (χ2v) is 19.9. The lowest BCUT2D eigenvalue weighted by Gasteiger charge is -2.40. The fourth-order valence-corrected chi connectivity index (χ4v) is 8.42. The van der Waals surface area contributed by atoms with E-state index in [4.69, 9.17) is 23.7 Å². The van der Waals surface area contributed by atoms with Crippen molar-refractivity contribution in [2.45, 2.75) is 276 Å². The van der Waals surface area contributed by atoms with E-state index in [-0.39, 0.29) is 25.9 Å². The number of ether oxygens (including phenoxy) is 5. The van der Waals surface area contributed by atoms with Crippen LogP contribution in [0.2, 0.25) is 0 Å². The number of rotatable bonds is 49. The molecule has 1 rings (SSSR count). The molecule has 428 valence electrons. The molecular formula is C63H104O12. The van der Waals surface area contributed by atoms with E-state index in [2.05, 4.69) is 106 Å². The number of hydrogen-bond donors (Lipinski definition) is 3. The van der Waals surface area contributed by atoms with E-state index in [0.29, 0.717) is 19.3 Å². The Balaban J connectivity index is 2.66. The summed E-state index contributed by atoms with van der Waals surface area (Å²) in [6.07, 6.45) is 52.7. The maximum Gasteiger partial charge on any atom is 0.335 e. The quantitative estimate of drug-likeness (QED) is 0.0228. The maximum absolute atomic E-state index is 13.1. The highest BCUT2D eigenvalue weighted by Crippen LogP contribution is 2.26. The van der Waals surface area contributed by atoms with E-state index in [1.165, 1.54) is 51.4 Å². The third kappa shape index (κ3) is 40.8. The Labute approximate surface area is 454 Å². The summed E-state index contributed by atoms with van der Waals surface area (Å²) in [5.41, 5.74) is 0. The highest BCUT2D eigenvalue weighted by atomic mass is 16.7. The molecule has 0 aromatic heterocycles. The van der Waals surface area contributed by atoms with Gasteiger partial charge in [0.05, 0.1) is 6.61 Å². The average molecular weight is 1050 g/mol. The van der Waals surface area contributed by atoms with Gasteiger partial charge in [0.2, 0.25) is 0 Å². The molecule has 0 radical (unpaired) electrons. The van der Waals surface area contributed by atoms with Crippen LogP contribution in [0.1, 0.15) is 239 Å². The summed E-state index contributed by atoms with van der Waals surface area (Å²) in [5.74, 6) is -3.17. The minimum atomic E-state index is -1.91. The molecule has 3 N–H and O–H groups in total. The first-order chi connectivity index (χ1) is 36.6. The van der Waals surface area contributed by atoms with Crippen molar-refractivity contribution < 1.29 is 58.2 Å². The summed E-state index contributed by atoms with van der Waals surface area (Å²) in [6.45, 7) is 5.79. The second-order valence-electron chi connectivity index (χ2n) is 19.9. The van der Waals surface area contributed by atoms with Crippen molar-refractivity contribution in [2.24, 2.45) is 0 Å². The van der Waals surface area contributed by atoms with Gasteiger partial charge in [-0.2, -0.15) is 0 Å². The number of aliphatic hydroxyl groups is 2. The minimum Gasteiger partial charge on any atom is -0.479 e. The molecule has 1 aliphatic rings. The Morgan fingerprint density at radius 2 is 0.840 bits per heavy atom. The summed E-state index contributed by atoms with van der Waals surface area (Å²) < 4.78 is 28.3. The van der Waals surface area contributed by atoms with E-state index in [0.717, 1.165) is 128 Å². The van der Waals surface area contributed by atoms with Crippen LogP contribution in [0, 0.1) is 0 Å². The van der Waals surface area contributed by atoms with Crippen molar-refractivity contribution >= 4 is 23.9 Å². The molecule has 75 heavy (non-hydrogen) atoms. The summed E-state index contributed by atoms with van der Waals surface area (Å²) in [6, 6.07) is 0. The van der Waals surface area contributed by atoms with Gasteiger partial charge in [-0.05, 0) is 96.3 Å². The SMILES string of the molecule is CC/C=C\C/C=C\C/C=C\C/C=C\C/C=C\CCCCCC(=O)OCC(COC1OC(C(=O)O)C(O)C(O)C1OC(=O)CCCCCCCCC/C=C\C/C=C\CCCCC)OC(=O)CCCCCCCCCCC. The molecule has 0 aromatic rings. The van der Waals surface area contributed by atoms with Gasteiger partial charge in [-0.25, -0.2) is 4.79 Å². The first-order valence-electron chi connectivity index (χ1n) is 29.6. The number of carboxylic acids is 1. The fraction of sp³-hybridized carbons (Fsp3) is 0.714. The number of hydrogen-bond acceptors (Lipinski definition) is 11. The molecule has 6 atom stereocenters. The van der Waals surface area contributed by atoms with Crippen molar-refractivity contribution in [3.63, 3.8) is 0 Å². The van der Waals surface area contributed by atoms with Crippen LogP contribution >= 0.6 is 0 Å². The molecule has 0 bridgehead atoms. The maximum atomic E-state index is 13.1. The topological polar surface area (TPSA) is 175 Å². The Morgan fingerprint density at radius 1 is 0.453 bits per heavy atom. The molecule has 1 aliphatic heterocycles. The Bertz CT molecular complexity index is 1630. The zero-order valence-corrected chi connectivity index (χ0v) is 47.0. The molecule has 6 unspecified atom stereocenters. The molecule has 12 nitrogen and oxygen atoms in total. The number of carbonyl (C=O) groups excluding carboxylic acids is 3. The molecular weight excluding hydrogens is 949 g/mol. The molecule has 0 aliphatic carbocycles. The number of aliphatic hydroxyl groups excluding tert-OH is 2. The number of carboxylic acid groups (broad SMARTS) is 1. The summed E-state index contributed by atoms with van der Waals surface area (Å²) in [5, 5.41) is 31.4. The van der Waals surface area contributed by atoms with Gasteiger partial charge >= 0.3 is 23.9 Å². The van der Waals surface area contributed by atoms with E-state index in [1.54, 1.807) is 0 Å². The van der Waals surface area contributed by atoms with Crippen LogP contribution in [-0.4, -0.2) is 89.2 Å². The Kier molecular flexibility index (Phi) is 46.6. The van der Waals surface area contributed by atoms with Crippen molar-refractivity contribution in [2.75, 3.05) is 13.2 Å². The van der Waals surface area contributed by atoms with Crippen LogP contribution in [0.5, 0.6) is 0 Å². The van der Waals surface area contributed by atoms with Gasteiger partial charge < -0.3 is 39.0 Å². The third-order valence-corrected chi connectivity index (χ3v) is 13.0. The van der Waals surface area contributed by atoms with Crippen molar-refractivity contribution in [1.82, 2.24) is 0 Å². The summed E-state index contributed by atoms with van der Waals surface area (Å²) >= 11 is 0. The minimum absolute atomic E-state index is 0.0463. The molecule has 1 fully saturated rings. The number of carbonyl (C=O) groups is 4.